The van der Waals surface area contributed by atoms with E-state index in [1.807, 2.05) is 36.4 Å². The summed E-state index contributed by atoms with van der Waals surface area (Å²) >= 11 is 8.17. The van der Waals surface area contributed by atoms with Gasteiger partial charge in [-0.25, -0.2) is 0 Å². The Morgan fingerprint density at radius 1 is 1.05 bits per heavy atom. The van der Waals surface area contributed by atoms with Gasteiger partial charge in [-0.2, -0.15) is 0 Å². The van der Waals surface area contributed by atoms with Crippen molar-refractivity contribution in [2.45, 2.75) is 0 Å². The van der Waals surface area contributed by atoms with Crippen LogP contribution in [0.4, 0.5) is 0 Å². The summed E-state index contributed by atoms with van der Waals surface area (Å²) in [5.74, 6) is 0. The van der Waals surface area contributed by atoms with E-state index in [2.05, 4.69) is 30.2 Å². The monoisotopic (exact) mass is 306 g/mol. The third kappa shape index (κ3) is 48.8. The molecule has 0 unspecified atom stereocenters. The second kappa shape index (κ2) is 18.4. The molecule has 1 aromatic rings. The SMILES string of the molecule is CN(C)C(O)=S.NC(O)=S.O=CO.c1ccccc1. The minimum absolute atomic E-state index is 0.0741. The number of hydrogen-bond acceptors (Lipinski definition) is 3. The standard InChI is InChI=1S/C6H6.C3H7NOS.CH3NOS.CH2O2/c1-2-4-6-5-3-1;1-4(2)3(5)6;2-1(3)4;2-1-3/h1-6H;1-2H3,(H,5,6);(H3,2,3,4);1H,(H,2,3). The van der Waals surface area contributed by atoms with Crippen molar-refractivity contribution in [2.75, 3.05) is 14.1 Å². The fraction of sp³-hybridized carbons (Fsp3) is 0.182. The van der Waals surface area contributed by atoms with Gasteiger partial charge in [-0.3, -0.25) is 4.79 Å². The molecule has 5 N–H and O–H groups in total. The normalized spacial score (nSPS) is 6.84. The third-order valence-corrected chi connectivity index (χ3v) is 1.41. The largest absolute Gasteiger partial charge is 0.487 e. The fourth-order valence-electron chi connectivity index (χ4n) is 0.385. The Bertz CT molecular complexity index is 304. The predicted molar refractivity (Wildman–Crippen MR) is 83.5 cm³/mol. The van der Waals surface area contributed by atoms with E-state index < -0.39 is 5.17 Å². The smallest absolute Gasteiger partial charge is 0.290 e. The maximum atomic E-state index is 8.36. The predicted octanol–water partition coefficient (Wildman–Crippen LogP) is 1.57. The van der Waals surface area contributed by atoms with E-state index >= 15 is 0 Å². The molecule has 0 radical (unpaired) electrons. The lowest BCUT2D eigenvalue weighted by Crippen LogP contribution is -2.17. The minimum atomic E-state index is -0.500. The van der Waals surface area contributed by atoms with E-state index in [0.717, 1.165) is 0 Å². The van der Waals surface area contributed by atoms with E-state index in [-0.39, 0.29) is 11.6 Å². The van der Waals surface area contributed by atoms with Crippen LogP contribution in [0.15, 0.2) is 36.4 Å². The molecule has 1 aromatic carbocycles. The fourth-order valence-corrected chi connectivity index (χ4v) is 0.385. The van der Waals surface area contributed by atoms with E-state index in [1.165, 1.54) is 4.90 Å². The molecule has 0 amide bonds. The van der Waals surface area contributed by atoms with Crippen LogP contribution in [0.5, 0.6) is 0 Å². The molecule has 0 heterocycles. The summed E-state index contributed by atoms with van der Waals surface area (Å²) in [6, 6.07) is 12.0. The van der Waals surface area contributed by atoms with Gasteiger partial charge in [-0.15, -0.1) is 0 Å². The lowest BCUT2D eigenvalue weighted by atomic mass is 10.4. The zero-order chi connectivity index (χ0) is 15.7. The summed E-state index contributed by atoms with van der Waals surface area (Å²) in [4.78, 5) is 9.81. The average Bonchev–Trinajstić information content (AvgIpc) is 2.32. The Kier molecular flexibility index (Phi) is 21.6. The van der Waals surface area contributed by atoms with Crippen molar-refractivity contribution < 1.29 is 20.1 Å². The van der Waals surface area contributed by atoms with E-state index in [4.69, 9.17) is 20.1 Å². The number of hydrogen-bond donors (Lipinski definition) is 4. The highest BCUT2D eigenvalue weighted by molar-refractivity contribution is 7.80. The quantitative estimate of drug-likeness (QED) is 0.422. The molecular formula is C11H18N2O4S2. The Hall–Kier alpha value is -1.93. The van der Waals surface area contributed by atoms with Gasteiger partial charge in [-0.05, 0) is 24.4 Å². The Morgan fingerprint density at radius 3 is 1.21 bits per heavy atom. The number of carboxylic acid groups (broad SMARTS) is 1. The summed E-state index contributed by atoms with van der Waals surface area (Å²) in [5, 5.41) is 22.2. The number of carbonyl (C=O) groups is 1. The summed E-state index contributed by atoms with van der Waals surface area (Å²) in [7, 11) is 3.37. The molecule has 6 nitrogen and oxygen atoms in total. The van der Waals surface area contributed by atoms with Crippen LogP contribution in [0.25, 0.3) is 0 Å². The molecule has 0 aromatic heterocycles. The molecule has 19 heavy (non-hydrogen) atoms. The van der Waals surface area contributed by atoms with Crippen LogP contribution in [0.2, 0.25) is 0 Å². The molecule has 0 aliphatic heterocycles. The van der Waals surface area contributed by atoms with Crippen molar-refractivity contribution in [1.82, 2.24) is 4.90 Å². The van der Waals surface area contributed by atoms with Crippen LogP contribution >= 0.6 is 24.4 Å². The van der Waals surface area contributed by atoms with Gasteiger partial charge in [0.2, 0.25) is 0 Å². The molecule has 0 saturated carbocycles. The first-order valence-corrected chi connectivity index (χ1v) is 5.57. The van der Waals surface area contributed by atoms with Gasteiger partial charge in [0, 0.05) is 14.1 Å². The van der Waals surface area contributed by atoms with Crippen molar-refractivity contribution >= 4 is 41.3 Å². The van der Waals surface area contributed by atoms with E-state index in [9.17, 15) is 0 Å². The van der Waals surface area contributed by atoms with Crippen LogP contribution in [0.3, 0.4) is 0 Å². The van der Waals surface area contributed by atoms with Crippen LogP contribution in [-0.2, 0) is 4.79 Å². The summed E-state index contributed by atoms with van der Waals surface area (Å²) in [6.07, 6.45) is 0. The van der Waals surface area contributed by atoms with Crippen molar-refractivity contribution in [3.05, 3.63) is 36.4 Å². The second-order valence-corrected chi connectivity index (χ2v) is 3.56. The molecule has 0 fully saturated rings. The number of rotatable bonds is 0. The Labute approximate surface area is 123 Å². The maximum Gasteiger partial charge on any atom is 0.290 e. The number of nitrogens with two attached hydrogens (primary N) is 1. The third-order valence-electron chi connectivity index (χ3n) is 1.05. The molecule has 1 rings (SSSR count). The molecule has 0 bridgehead atoms. The van der Waals surface area contributed by atoms with Gasteiger partial charge >= 0.3 is 0 Å². The number of benzene rings is 1. The first-order valence-electron chi connectivity index (χ1n) is 4.76. The maximum absolute atomic E-state index is 8.36. The van der Waals surface area contributed by atoms with E-state index in [0.29, 0.717) is 0 Å². The molecule has 0 saturated heterocycles. The molecule has 0 aliphatic rings. The summed E-state index contributed by atoms with van der Waals surface area (Å²) in [5.41, 5.74) is 4.40. The van der Waals surface area contributed by atoms with Crippen LogP contribution < -0.4 is 5.73 Å². The lowest BCUT2D eigenvalue weighted by molar-refractivity contribution is -0.122. The molecule has 0 spiro atoms. The highest BCUT2D eigenvalue weighted by Crippen LogP contribution is 1.79. The summed E-state index contributed by atoms with van der Waals surface area (Å²) < 4.78 is 0. The van der Waals surface area contributed by atoms with Gasteiger partial charge < -0.3 is 26.0 Å². The molecule has 108 valence electrons. The number of aliphatic hydroxyl groups is 2. The average molecular weight is 306 g/mol. The van der Waals surface area contributed by atoms with Crippen LogP contribution in [0, 0.1) is 0 Å². The zero-order valence-corrected chi connectivity index (χ0v) is 12.3. The van der Waals surface area contributed by atoms with Gasteiger partial charge in [0.25, 0.3) is 16.8 Å². The van der Waals surface area contributed by atoms with Crippen molar-refractivity contribution in [3.63, 3.8) is 0 Å². The number of thiocarbonyl (C=S) groups is 2. The molecular weight excluding hydrogens is 288 g/mol. The van der Waals surface area contributed by atoms with Gasteiger partial charge in [0.15, 0.2) is 0 Å². The zero-order valence-electron chi connectivity index (χ0n) is 10.6. The highest BCUT2D eigenvalue weighted by Gasteiger charge is 1.86. The lowest BCUT2D eigenvalue weighted by Gasteiger charge is -2.03. The van der Waals surface area contributed by atoms with Crippen molar-refractivity contribution in [3.8, 4) is 0 Å². The Morgan fingerprint density at radius 2 is 1.16 bits per heavy atom. The topological polar surface area (TPSA) is 107 Å². The summed E-state index contributed by atoms with van der Waals surface area (Å²) in [6.45, 7) is -0.250. The number of nitrogens with zero attached hydrogens (tertiary/aromatic N) is 1. The van der Waals surface area contributed by atoms with Crippen LogP contribution in [-0.4, -0.2) is 51.1 Å². The minimum Gasteiger partial charge on any atom is -0.487 e. The van der Waals surface area contributed by atoms with E-state index in [1.54, 1.807) is 14.1 Å². The van der Waals surface area contributed by atoms with Gasteiger partial charge in [0.05, 0.1) is 0 Å². The first kappa shape index (κ1) is 22.3. The first-order chi connectivity index (χ1) is 8.79. The van der Waals surface area contributed by atoms with Crippen LogP contribution in [0.1, 0.15) is 0 Å². The number of aliphatic hydroxyl groups excluding tert-OH is 2. The highest BCUT2D eigenvalue weighted by atomic mass is 32.1. The Balaban J connectivity index is -0.000000187. The molecule has 8 heteroatoms. The van der Waals surface area contributed by atoms with Gasteiger partial charge in [-0.1, -0.05) is 36.4 Å². The second-order valence-electron chi connectivity index (χ2n) is 2.78. The van der Waals surface area contributed by atoms with Crippen molar-refractivity contribution in [2.24, 2.45) is 5.73 Å². The van der Waals surface area contributed by atoms with Gasteiger partial charge in [0.1, 0.15) is 0 Å². The van der Waals surface area contributed by atoms with Crippen molar-refractivity contribution in [1.29, 1.82) is 0 Å². The molecule has 0 atom stereocenters. The molecule has 0 aliphatic carbocycles.